The van der Waals surface area contributed by atoms with Gasteiger partial charge in [-0.15, -0.1) is 0 Å². The number of nitriles is 1. The lowest BCUT2D eigenvalue weighted by atomic mass is 9.94. The summed E-state index contributed by atoms with van der Waals surface area (Å²) in [5.74, 6) is -4.09. The minimum absolute atomic E-state index is 0.0531. The van der Waals surface area contributed by atoms with Crippen LogP contribution < -0.4 is 0 Å². The van der Waals surface area contributed by atoms with Gasteiger partial charge in [0.15, 0.2) is 0 Å². The first kappa shape index (κ1) is 23.8. The summed E-state index contributed by atoms with van der Waals surface area (Å²) in [5, 5.41) is 8.49. The Morgan fingerprint density at radius 3 is 2.20 bits per heavy atom. The lowest BCUT2D eigenvalue weighted by molar-refractivity contribution is -0.140. The minimum Gasteiger partial charge on any atom is -0.207 e. The van der Waals surface area contributed by atoms with Crippen LogP contribution in [0.2, 0.25) is 10.0 Å². The summed E-state index contributed by atoms with van der Waals surface area (Å²) in [5.41, 5.74) is -3.42. The minimum atomic E-state index is -4.99. The highest BCUT2D eigenvalue weighted by Gasteiger charge is 2.40. The molecule has 158 valence electrons. The molecule has 0 heterocycles. The third-order valence-corrected chi connectivity index (χ3v) is 4.86. The third-order valence-electron chi connectivity index (χ3n) is 4.04. The van der Waals surface area contributed by atoms with Crippen LogP contribution >= 0.6 is 23.2 Å². The van der Waals surface area contributed by atoms with Crippen LogP contribution in [0.1, 0.15) is 33.7 Å². The standard InChI is InChI=1S/C20H10Cl2F7N/c1-2-10-5-13(7-16(21)18(10)22)15(20(27,28)29)8-17(23)11-3-4-12(9-30)14(6-11)19(24,25)26/h2-8,15H,1H2/b17-8-. The summed E-state index contributed by atoms with van der Waals surface area (Å²) in [7, 11) is 0. The summed E-state index contributed by atoms with van der Waals surface area (Å²) in [4.78, 5) is 0. The normalized spacial score (nSPS) is 13.7. The quantitative estimate of drug-likeness (QED) is 0.415. The summed E-state index contributed by atoms with van der Waals surface area (Å²) >= 11 is 11.7. The molecule has 30 heavy (non-hydrogen) atoms. The van der Waals surface area contributed by atoms with Crippen molar-refractivity contribution in [1.29, 1.82) is 5.26 Å². The molecule has 0 N–H and O–H groups in total. The third kappa shape index (κ3) is 5.15. The van der Waals surface area contributed by atoms with Crippen LogP contribution in [0, 0.1) is 11.3 Å². The van der Waals surface area contributed by atoms with E-state index in [2.05, 4.69) is 6.58 Å². The molecule has 1 nitrogen and oxygen atoms in total. The highest BCUT2D eigenvalue weighted by atomic mass is 35.5. The van der Waals surface area contributed by atoms with Gasteiger partial charge in [-0.25, -0.2) is 4.39 Å². The molecule has 0 aliphatic heterocycles. The van der Waals surface area contributed by atoms with E-state index < -0.39 is 46.4 Å². The molecule has 0 saturated carbocycles. The SMILES string of the molecule is C=Cc1cc(C(/C=C(\F)c2ccc(C#N)c(C(F)(F)F)c2)C(F)(F)F)cc(Cl)c1Cl. The molecule has 0 aliphatic carbocycles. The molecule has 0 radical (unpaired) electrons. The number of benzene rings is 2. The number of halogens is 9. The van der Waals surface area contributed by atoms with Crippen molar-refractivity contribution in [2.24, 2.45) is 0 Å². The summed E-state index contributed by atoms with van der Waals surface area (Å²) < 4.78 is 94.6. The first-order valence-electron chi connectivity index (χ1n) is 7.96. The Morgan fingerprint density at radius 2 is 1.70 bits per heavy atom. The smallest absolute Gasteiger partial charge is 0.207 e. The zero-order valence-corrected chi connectivity index (χ0v) is 16.2. The second-order valence-corrected chi connectivity index (χ2v) is 6.80. The van der Waals surface area contributed by atoms with Gasteiger partial charge in [-0.2, -0.15) is 31.6 Å². The first-order valence-corrected chi connectivity index (χ1v) is 8.72. The molecule has 0 spiro atoms. The maximum atomic E-state index is 14.6. The van der Waals surface area contributed by atoms with Crippen molar-refractivity contribution >= 4 is 35.1 Å². The predicted octanol–water partition coefficient (Wildman–Crippen LogP) is 8.18. The first-order chi connectivity index (χ1) is 13.8. The summed E-state index contributed by atoms with van der Waals surface area (Å²) in [6.07, 6.45) is -8.70. The fraction of sp³-hybridized carbons (Fsp3) is 0.150. The molecular formula is C20H10Cl2F7N. The van der Waals surface area contributed by atoms with Crippen molar-refractivity contribution in [3.63, 3.8) is 0 Å². The molecular weight excluding hydrogens is 458 g/mol. The van der Waals surface area contributed by atoms with Gasteiger partial charge < -0.3 is 0 Å². The van der Waals surface area contributed by atoms with Gasteiger partial charge in [-0.3, -0.25) is 0 Å². The Morgan fingerprint density at radius 1 is 1.07 bits per heavy atom. The molecule has 2 aromatic rings. The van der Waals surface area contributed by atoms with Crippen LogP contribution in [-0.2, 0) is 6.18 Å². The van der Waals surface area contributed by atoms with Crippen LogP contribution in [0.15, 0.2) is 43.0 Å². The molecule has 2 rings (SSSR count). The Balaban J connectivity index is 2.63. The Hall–Kier alpha value is -2.50. The molecule has 0 aromatic heterocycles. The fourth-order valence-corrected chi connectivity index (χ4v) is 3.03. The zero-order valence-electron chi connectivity index (χ0n) is 14.7. The lowest BCUT2D eigenvalue weighted by Crippen LogP contribution is -2.19. The van der Waals surface area contributed by atoms with E-state index in [0.717, 1.165) is 24.3 Å². The average molecular weight is 468 g/mol. The van der Waals surface area contributed by atoms with Crippen LogP contribution in [0.4, 0.5) is 30.7 Å². The van der Waals surface area contributed by atoms with Gasteiger partial charge in [0.2, 0.25) is 0 Å². The lowest BCUT2D eigenvalue weighted by Gasteiger charge is -2.19. The van der Waals surface area contributed by atoms with Crippen molar-refractivity contribution in [3.05, 3.63) is 80.8 Å². The van der Waals surface area contributed by atoms with Crippen LogP contribution in [0.5, 0.6) is 0 Å². The van der Waals surface area contributed by atoms with E-state index in [1.807, 2.05) is 0 Å². The Bertz CT molecular complexity index is 1050. The van der Waals surface area contributed by atoms with Crippen molar-refractivity contribution in [1.82, 2.24) is 0 Å². The molecule has 0 fully saturated rings. The van der Waals surface area contributed by atoms with Crippen LogP contribution in [0.3, 0.4) is 0 Å². The maximum absolute atomic E-state index is 14.6. The van der Waals surface area contributed by atoms with Gasteiger partial charge >= 0.3 is 12.4 Å². The molecule has 1 unspecified atom stereocenters. The Labute approximate surface area is 176 Å². The number of nitrogens with zero attached hydrogens (tertiary/aromatic N) is 1. The summed E-state index contributed by atoms with van der Waals surface area (Å²) in [6.45, 7) is 3.41. The van der Waals surface area contributed by atoms with Gasteiger partial charge in [0.05, 0.1) is 27.2 Å². The van der Waals surface area contributed by atoms with E-state index in [0.29, 0.717) is 6.07 Å². The number of rotatable bonds is 4. The molecule has 0 amide bonds. The molecule has 10 heteroatoms. The summed E-state index contributed by atoms with van der Waals surface area (Å²) in [6, 6.07) is 4.95. The van der Waals surface area contributed by atoms with Gasteiger partial charge in [0.1, 0.15) is 11.7 Å². The number of alkyl halides is 6. The van der Waals surface area contributed by atoms with E-state index in [1.54, 1.807) is 0 Å². The highest BCUT2D eigenvalue weighted by Crippen LogP contribution is 2.42. The topological polar surface area (TPSA) is 23.8 Å². The van der Waals surface area contributed by atoms with E-state index in [4.69, 9.17) is 28.5 Å². The second-order valence-electron chi connectivity index (χ2n) is 6.01. The van der Waals surface area contributed by atoms with Gasteiger partial charge in [0, 0.05) is 5.56 Å². The zero-order chi connectivity index (χ0) is 22.9. The number of hydrogen-bond acceptors (Lipinski definition) is 1. The molecule has 0 saturated heterocycles. The monoisotopic (exact) mass is 467 g/mol. The largest absolute Gasteiger partial charge is 0.417 e. The van der Waals surface area contributed by atoms with Crippen molar-refractivity contribution in [2.45, 2.75) is 18.3 Å². The van der Waals surface area contributed by atoms with E-state index in [1.165, 1.54) is 6.07 Å². The number of allylic oxidation sites excluding steroid dienone is 1. The van der Waals surface area contributed by atoms with Crippen molar-refractivity contribution < 1.29 is 30.7 Å². The van der Waals surface area contributed by atoms with E-state index in [-0.39, 0.29) is 27.8 Å². The highest BCUT2D eigenvalue weighted by molar-refractivity contribution is 6.43. The van der Waals surface area contributed by atoms with E-state index >= 15 is 0 Å². The molecule has 2 aromatic carbocycles. The number of hydrogen-bond donors (Lipinski definition) is 0. The average Bonchev–Trinajstić information content (AvgIpc) is 2.65. The fourth-order valence-electron chi connectivity index (χ4n) is 2.61. The Kier molecular flexibility index (Phi) is 6.90. The van der Waals surface area contributed by atoms with Gasteiger partial charge in [-0.1, -0.05) is 41.9 Å². The van der Waals surface area contributed by atoms with Gasteiger partial charge in [0.25, 0.3) is 0 Å². The van der Waals surface area contributed by atoms with Crippen molar-refractivity contribution in [3.8, 4) is 6.07 Å². The van der Waals surface area contributed by atoms with E-state index in [9.17, 15) is 30.7 Å². The predicted molar refractivity (Wildman–Crippen MR) is 101 cm³/mol. The molecule has 0 bridgehead atoms. The molecule has 0 aliphatic rings. The molecule has 1 atom stereocenters. The van der Waals surface area contributed by atoms with Crippen LogP contribution in [0.25, 0.3) is 11.9 Å². The van der Waals surface area contributed by atoms with Crippen LogP contribution in [-0.4, -0.2) is 6.18 Å². The van der Waals surface area contributed by atoms with Gasteiger partial charge in [-0.05, 0) is 41.5 Å². The van der Waals surface area contributed by atoms with Crippen molar-refractivity contribution in [2.75, 3.05) is 0 Å². The maximum Gasteiger partial charge on any atom is 0.417 e. The second kappa shape index (κ2) is 8.70.